The van der Waals surface area contributed by atoms with Crippen molar-refractivity contribution in [3.8, 4) is 11.5 Å². The van der Waals surface area contributed by atoms with Crippen molar-refractivity contribution in [1.82, 2.24) is 5.32 Å². The Bertz CT molecular complexity index is 1220. The Hall–Kier alpha value is -3.07. The molecule has 1 aliphatic carbocycles. The van der Waals surface area contributed by atoms with Crippen molar-refractivity contribution in [3.05, 3.63) is 48.0 Å². The predicted molar refractivity (Wildman–Crippen MR) is 140 cm³/mol. The first-order valence-corrected chi connectivity index (χ1v) is 14.1. The molecule has 2 aliphatic rings. The van der Waals surface area contributed by atoms with E-state index in [0.717, 1.165) is 37.0 Å². The number of rotatable bonds is 11. The van der Waals surface area contributed by atoms with Crippen LogP contribution < -0.4 is 20.1 Å². The van der Waals surface area contributed by atoms with E-state index in [1.54, 1.807) is 24.3 Å². The lowest BCUT2D eigenvalue weighted by Crippen LogP contribution is -2.35. The van der Waals surface area contributed by atoms with Gasteiger partial charge in [-0.1, -0.05) is 31.0 Å². The summed E-state index contributed by atoms with van der Waals surface area (Å²) in [5.74, 6) is 1.83. The zero-order chi connectivity index (χ0) is 25.6. The molecule has 1 aliphatic heterocycles. The Labute approximate surface area is 213 Å². The standard InChI is InChI=1S/C27H35N3O5S/c1-3-34-22-12-11-20(17-23(22)35-4-2)13-16-28-26(31)19-27(14-7-8-15-27)18-25-29-21-9-5-6-10-24(21)36(32,33)30-25/h5-6,9-12,17H,3-4,7-8,13-16,18-19H2,1-2H3,(H,28,31)(H,29,30). The van der Waals surface area contributed by atoms with Gasteiger partial charge in [0.2, 0.25) is 5.91 Å². The van der Waals surface area contributed by atoms with Gasteiger partial charge in [0.25, 0.3) is 10.0 Å². The summed E-state index contributed by atoms with van der Waals surface area (Å²) < 4.78 is 40.7. The molecular formula is C27H35N3O5S. The van der Waals surface area contributed by atoms with E-state index < -0.39 is 10.0 Å². The summed E-state index contributed by atoms with van der Waals surface area (Å²) >= 11 is 0. The number of ether oxygens (including phenoxy) is 2. The lowest BCUT2D eigenvalue weighted by Gasteiger charge is -2.30. The summed E-state index contributed by atoms with van der Waals surface area (Å²) in [6, 6.07) is 12.6. The zero-order valence-electron chi connectivity index (χ0n) is 21.0. The van der Waals surface area contributed by atoms with Gasteiger partial charge in [0.1, 0.15) is 10.7 Å². The molecule has 194 valence electrons. The van der Waals surface area contributed by atoms with Gasteiger partial charge in [0, 0.05) is 19.4 Å². The molecule has 0 radical (unpaired) electrons. The minimum Gasteiger partial charge on any atom is -0.490 e. The second-order valence-electron chi connectivity index (χ2n) is 9.44. The van der Waals surface area contributed by atoms with Gasteiger partial charge < -0.3 is 20.1 Å². The number of fused-ring (bicyclic) bond motifs is 1. The van der Waals surface area contributed by atoms with E-state index >= 15 is 0 Å². The van der Waals surface area contributed by atoms with Gasteiger partial charge in [-0.3, -0.25) is 4.79 Å². The first-order valence-electron chi connectivity index (χ1n) is 12.7. The van der Waals surface area contributed by atoms with Crippen molar-refractivity contribution in [1.29, 1.82) is 0 Å². The molecule has 1 saturated carbocycles. The van der Waals surface area contributed by atoms with Crippen molar-refractivity contribution in [2.75, 3.05) is 25.1 Å². The molecule has 0 unspecified atom stereocenters. The third-order valence-electron chi connectivity index (χ3n) is 6.76. The molecule has 0 atom stereocenters. The van der Waals surface area contributed by atoms with Crippen molar-refractivity contribution >= 4 is 27.5 Å². The maximum atomic E-state index is 12.9. The van der Waals surface area contributed by atoms with Gasteiger partial charge in [0.15, 0.2) is 11.5 Å². The molecular weight excluding hydrogens is 478 g/mol. The normalized spacial score (nSPS) is 17.4. The molecule has 1 heterocycles. The SMILES string of the molecule is CCOc1ccc(CCNC(=O)CC2(CC3=NS(=O)(=O)c4ccccc4N3)CCCC2)cc1OCC. The molecule has 1 fully saturated rings. The molecule has 2 aromatic carbocycles. The first kappa shape index (κ1) is 26.0. The van der Waals surface area contributed by atoms with Crippen LogP contribution in [0.25, 0.3) is 0 Å². The average Bonchev–Trinajstić information content (AvgIpc) is 3.28. The van der Waals surface area contributed by atoms with E-state index in [1.807, 2.05) is 32.0 Å². The van der Waals surface area contributed by atoms with E-state index in [1.165, 1.54) is 0 Å². The zero-order valence-corrected chi connectivity index (χ0v) is 21.8. The molecule has 4 rings (SSSR count). The predicted octanol–water partition coefficient (Wildman–Crippen LogP) is 4.70. The molecule has 9 heteroatoms. The van der Waals surface area contributed by atoms with Crippen LogP contribution in [0.2, 0.25) is 0 Å². The fraction of sp³-hybridized carbons (Fsp3) is 0.481. The van der Waals surface area contributed by atoms with Gasteiger partial charge >= 0.3 is 0 Å². The summed E-state index contributed by atoms with van der Waals surface area (Å²) in [4.78, 5) is 13.1. The second-order valence-corrected chi connectivity index (χ2v) is 11.0. The van der Waals surface area contributed by atoms with E-state index in [0.29, 0.717) is 56.3 Å². The molecule has 1 amide bonds. The minimum atomic E-state index is -3.74. The maximum Gasteiger partial charge on any atom is 0.286 e. The fourth-order valence-electron chi connectivity index (χ4n) is 5.14. The van der Waals surface area contributed by atoms with Crippen LogP contribution >= 0.6 is 0 Å². The quantitative estimate of drug-likeness (QED) is 0.451. The van der Waals surface area contributed by atoms with E-state index in [2.05, 4.69) is 15.0 Å². The minimum absolute atomic E-state index is 0.0208. The van der Waals surface area contributed by atoms with Crippen LogP contribution in [0.15, 0.2) is 51.8 Å². The highest BCUT2D eigenvalue weighted by Gasteiger charge is 2.38. The third-order valence-corrected chi connectivity index (χ3v) is 8.13. The third kappa shape index (κ3) is 6.19. The number of anilines is 1. The van der Waals surface area contributed by atoms with Crippen molar-refractivity contribution in [2.45, 2.75) is 63.7 Å². The van der Waals surface area contributed by atoms with Gasteiger partial charge in [-0.25, -0.2) is 0 Å². The smallest absolute Gasteiger partial charge is 0.286 e. The number of carbonyl (C=O) groups excluding carboxylic acids is 1. The highest BCUT2D eigenvalue weighted by molar-refractivity contribution is 7.90. The maximum absolute atomic E-state index is 12.9. The summed E-state index contributed by atoms with van der Waals surface area (Å²) in [6.45, 7) is 5.50. The fourth-order valence-corrected chi connectivity index (χ4v) is 6.29. The highest BCUT2D eigenvalue weighted by Crippen LogP contribution is 2.45. The number of hydrogen-bond donors (Lipinski definition) is 2. The van der Waals surface area contributed by atoms with Crippen LogP contribution in [-0.4, -0.2) is 39.9 Å². The van der Waals surface area contributed by atoms with Crippen LogP contribution in [-0.2, 0) is 21.2 Å². The van der Waals surface area contributed by atoms with Gasteiger partial charge in [-0.15, -0.1) is 4.40 Å². The average molecular weight is 514 g/mol. The molecule has 0 bridgehead atoms. The number of sulfonamides is 1. The molecule has 8 nitrogen and oxygen atoms in total. The number of nitrogens with one attached hydrogen (secondary N) is 2. The molecule has 0 aromatic heterocycles. The number of carbonyl (C=O) groups is 1. The lowest BCUT2D eigenvalue weighted by molar-refractivity contribution is -0.123. The molecule has 0 spiro atoms. The van der Waals surface area contributed by atoms with Crippen molar-refractivity contribution in [2.24, 2.45) is 9.81 Å². The van der Waals surface area contributed by atoms with Crippen LogP contribution in [0.4, 0.5) is 5.69 Å². The number of amides is 1. The van der Waals surface area contributed by atoms with Crippen LogP contribution in [0.5, 0.6) is 11.5 Å². The van der Waals surface area contributed by atoms with Gasteiger partial charge in [0.05, 0.1) is 18.9 Å². The largest absolute Gasteiger partial charge is 0.490 e. The topological polar surface area (TPSA) is 106 Å². The molecule has 0 saturated heterocycles. The van der Waals surface area contributed by atoms with Crippen molar-refractivity contribution in [3.63, 3.8) is 0 Å². The second kappa shape index (κ2) is 11.3. The first-order chi connectivity index (χ1) is 17.3. The van der Waals surface area contributed by atoms with Crippen molar-refractivity contribution < 1.29 is 22.7 Å². The highest BCUT2D eigenvalue weighted by atomic mass is 32.2. The van der Waals surface area contributed by atoms with Crippen LogP contribution in [0, 0.1) is 5.41 Å². The van der Waals surface area contributed by atoms with Crippen LogP contribution in [0.3, 0.4) is 0 Å². The summed E-state index contributed by atoms with van der Waals surface area (Å²) in [6.07, 6.45) is 5.26. The Kier molecular flexibility index (Phi) is 8.18. The Morgan fingerprint density at radius 3 is 2.53 bits per heavy atom. The number of para-hydroxylation sites is 1. The van der Waals surface area contributed by atoms with E-state index in [9.17, 15) is 13.2 Å². The molecule has 2 aromatic rings. The number of nitrogens with zero attached hydrogens (tertiary/aromatic N) is 1. The Morgan fingerprint density at radius 2 is 1.78 bits per heavy atom. The van der Waals surface area contributed by atoms with E-state index in [4.69, 9.17) is 9.47 Å². The van der Waals surface area contributed by atoms with E-state index in [-0.39, 0.29) is 16.2 Å². The van der Waals surface area contributed by atoms with Gasteiger partial charge in [-0.2, -0.15) is 8.42 Å². The summed E-state index contributed by atoms with van der Waals surface area (Å²) in [5.41, 5.74) is 1.31. The summed E-state index contributed by atoms with van der Waals surface area (Å²) in [7, 11) is -3.74. The number of hydrogen-bond acceptors (Lipinski definition) is 6. The van der Waals surface area contributed by atoms with Gasteiger partial charge in [-0.05, 0) is 68.4 Å². The number of amidine groups is 1. The molecule has 36 heavy (non-hydrogen) atoms. The summed E-state index contributed by atoms with van der Waals surface area (Å²) in [5, 5.41) is 6.24. The molecule has 2 N–H and O–H groups in total. The Balaban J connectivity index is 1.36. The Morgan fingerprint density at radius 1 is 1.06 bits per heavy atom. The monoisotopic (exact) mass is 513 g/mol. The number of benzene rings is 2. The van der Waals surface area contributed by atoms with Crippen LogP contribution in [0.1, 0.15) is 57.9 Å². The lowest BCUT2D eigenvalue weighted by atomic mass is 9.78.